The Morgan fingerprint density at radius 2 is 1.14 bits per heavy atom. The van der Waals surface area contributed by atoms with Crippen molar-refractivity contribution in [1.82, 2.24) is 5.32 Å². The van der Waals surface area contributed by atoms with Crippen LogP contribution >= 0.6 is 0 Å². The number of aliphatic hydroxyl groups is 2. The molecule has 14 heavy (non-hydrogen) atoms. The Balaban J connectivity index is 2.78. The molecule has 0 fully saturated rings. The molecule has 0 aliphatic rings. The van der Waals surface area contributed by atoms with Gasteiger partial charge in [-0.1, -0.05) is 32.1 Å². The van der Waals surface area contributed by atoms with Gasteiger partial charge in [0, 0.05) is 13.2 Å². The predicted octanol–water partition coefficient (Wildman–Crippen LogP) is 1.29. The summed E-state index contributed by atoms with van der Waals surface area (Å²) in [5, 5.41) is 20.2. The lowest BCUT2D eigenvalue weighted by Gasteiger charge is -2.02. The Kier molecular flexibility index (Phi) is 12.8. The first-order chi connectivity index (χ1) is 6.91. The molecule has 0 spiro atoms. The topological polar surface area (TPSA) is 52.5 Å². The zero-order valence-corrected chi connectivity index (χ0v) is 9.17. The van der Waals surface area contributed by atoms with Crippen LogP contribution in [0.5, 0.6) is 0 Å². The van der Waals surface area contributed by atoms with Crippen molar-refractivity contribution in [2.75, 3.05) is 26.3 Å². The standard InChI is InChI=1S/C11H25NO2/c13-10-7-5-3-1-2-4-6-8-12-9-11-14/h12-14H,1-11H2. The Morgan fingerprint density at radius 1 is 0.571 bits per heavy atom. The second-order valence-electron chi connectivity index (χ2n) is 3.67. The van der Waals surface area contributed by atoms with E-state index < -0.39 is 0 Å². The predicted molar refractivity (Wildman–Crippen MR) is 59.4 cm³/mol. The fourth-order valence-corrected chi connectivity index (χ4v) is 1.45. The molecule has 0 rings (SSSR count). The SMILES string of the molecule is OCCCCCCCCCNCCO. The van der Waals surface area contributed by atoms with Crippen LogP contribution < -0.4 is 5.32 Å². The van der Waals surface area contributed by atoms with Crippen LogP contribution in [-0.2, 0) is 0 Å². The van der Waals surface area contributed by atoms with Crippen LogP contribution in [0.15, 0.2) is 0 Å². The van der Waals surface area contributed by atoms with Crippen molar-refractivity contribution in [2.24, 2.45) is 0 Å². The third-order valence-corrected chi connectivity index (χ3v) is 2.30. The highest BCUT2D eigenvalue weighted by Gasteiger charge is 1.91. The van der Waals surface area contributed by atoms with Crippen molar-refractivity contribution < 1.29 is 10.2 Å². The van der Waals surface area contributed by atoms with Crippen LogP contribution in [-0.4, -0.2) is 36.5 Å². The zero-order chi connectivity index (χ0) is 10.5. The van der Waals surface area contributed by atoms with E-state index in [0.717, 1.165) is 19.5 Å². The molecule has 3 N–H and O–H groups in total. The van der Waals surface area contributed by atoms with E-state index >= 15 is 0 Å². The van der Waals surface area contributed by atoms with Gasteiger partial charge in [-0.3, -0.25) is 0 Å². The highest BCUT2D eigenvalue weighted by atomic mass is 16.3. The highest BCUT2D eigenvalue weighted by Crippen LogP contribution is 2.06. The molecule has 0 heterocycles. The average Bonchev–Trinajstić information content (AvgIpc) is 2.21. The van der Waals surface area contributed by atoms with Gasteiger partial charge < -0.3 is 15.5 Å². The molecular formula is C11H25NO2. The van der Waals surface area contributed by atoms with Crippen LogP contribution in [0, 0.1) is 0 Å². The van der Waals surface area contributed by atoms with Gasteiger partial charge in [0.25, 0.3) is 0 Å². The molecule has 0 aromatic rings. The van der Waals surface area contributed by atoms with Crippen molar-refractivity contribution in [3.8, 4) is 0 Å². The van der Waals surface area contributed by atoms with Gasteiger partial charge in [0.15, 0.2) is 0 Å². The summed E-state index contributed by atoms with van der Waals surface area (Å²) in [6, 6.07) is 0. The first kappa shape index (κ1) is 13.9. The maximum absolute atomic E-state index is 8.56. The van der Waals surface area contributed by atoms with E-state index in [9.17, 15) is 0 Å². The summed E-state index contributed by atoms with van der Waals surface area (Å²) < 4.78 is 0. The Bertz CT molecular complexity index is 87.3. The van der Waals surface area contributed by atoms with Gasteiger partial charge in [-0.2, -0.15) is 0 Å². The molecule has 86 valence electrons. The summed E-state index contributed by atoms with van der Waals surface area (Å²) in [5.74, 6) is 0. The van der Waals surface area contributed by atoms with Crippen molar-refractivity contribution in [1.29, 1.82) is 0 Å². The molecule has 0 radical (unpaired) electrons. The second-order valence-corrected chi connectivity index (χ2v) is 3.67. The number of hydrogen-bond acceptors (Lipinski definition) is 3. The summed E-state index contributed by atoms with van der Waals surface area (Å²) in [6.45, 7) is 2.32. The maximum atomic E-state index is 8.56. The number of aliphatic hydroxyl groups excluding tert-OH is 2. The van der Waals surface area contributed by atoms with Gasteiger partial charge in [0.2, 0.25) is 0 Å². The van der Waals surface area contributed by atoms with E-state index in [2.05, 4.69) is 5.32 Å². The zero-order valence-electron chi connectivity index (χ0n) is 9.17. The number of rotatable bonds is 11. The van der Waals surface area contributed by atoms with Gasteiger partial charge in [0.05, 0.1) is 6.61 Å². The van der Waals surface area contributed by atoms with E-state index in [0.29, 0.717) is 6.61 Å². The summed E-state index contributed by atoms with van der Waals surface area (Å²) in [6.07, 6.45) is 8.45. The normalized spacial score (nSPS) is 10.7. The lowest BCUT2D eigenvalue weighted by Crippen LogP contribution is -2.19. The molecular weight excluding hydrogens is 178 g/mol. The minimum Gasteiger partial charge on any atom is -0.396 e. The minimum absolute atomic E-state index is 0.237. The Hall–Kier alpha value is -0.120. The van der Waals surface area contributed by atoms with E-state index in [4.69, 9.17) is 10.2 Å². The van der Waals surface area contributed by atoms with Gasteiger partial charge in [-0.25, -0.2) is 0 Å². The van der Waals surface area contributed by atoms with Crippen LogP contribution in [0.2, 0.25) is 0 Å². The smallest absolute Gasteiger partial charge is 0.0555 e. The summed E-state index contributed by atoms with van der Waals surface area (Å²) in [5.41, 5.74) is 0. The van der Waals surface area contributed by atoms with Crippen molar-refractivity contribution in [3.63, 3.8) is 0 Å². The van der Waals surface area contributed by atoms with Crippen molar-refractivity contribution in [3.05, 3.63) is 0 Å². The monoisotopic (exact) mass is 203 g/mol. The van der Waals surface area contributed by atoms with Crippen LogP contribution in [0.1, 0.15) is 44.9 Å². The molecule has 0 unspecified atom stereocenters. The summed E-state index contributed by atoms with van der Waals surface area (Å²) >= 11 is 0. The third kappa shape index (κ3) is 11.9. The molecule has 0 atom stereocenters. The fourth-order valence-electron chi connectivity index (χ4n) is 1.45. The van der Waals surface area contributed by atoms with E-state index in [1.54, 1.807) is 0 Å². The minimum atomic E-state index is 0.237. The molecule has 0 bridgehead atoms. The van der Waals surface area contributed by atoms with Crippen LogP contribution in [0.3, 0.4) is 0 Å². The molecule has 0 aliphatic heterocycles. The number of unbranched alkanes of at least 4 members (excludes halogenated alkanes) is 6. The first-order valence-corrected chi connectivity index (χ1v) is 5.84. The third-order valence-electron chi connectivity index (χ3n) is 2.30. The quantitative estimate of drug-likeness (QED) is 0.444. The van der Waals surface area contributed by atoms with Gasteiger partial charge in [-0.05, 0) is 19.4 Å². The fraction of sp³-hybridized carbons (Fsp3) is 1.00. The second kappa shape index (κ2) is 12.9. The lowest BCUT2D eigenvalue weighted by atomic mass is 10.1. The molecule has 0 aliphatic carbocycles. The Labute approximate surface area is 87.5 Å². The highest BCUT2D eigenvalue weighted by molar-refractivity contribution is 4.49. The Morgan fingerprint density at radius 3 is 1.71 bits per heavy atom. The van der Waals surface area contributed by atoms with Crippen molar-refractivity contribution >= 4 is 0 Å². The van der Waals surface area contributed by atoms with E-state index in [-0.39, 0.29) is 6.61 Å². The average molecular weight is 203 g/mol. The van der Waals surface area contributed by atoms with Crippen LogP contribution in [0.25, 0.3) is 0 Å². The number of nitrogens with one attached hydrogen (secondary N) is 1. The lowest BCUT2D eigenvalue weighted by molar-refractivity contribution is 0.282. The molecule has 3 nitrogen and oxygen atoms in total. The molecule has 0 saturated carbocycles. The maximum Gasteiger partial charge on any atom is 0.0555 e. The van der Waals surface area contributed by atoms with E-state index in [1.165, 1.54) is 38.5 Å². The molecule has 0 aromatic carbocycles. The molecule has 0 amide bonds. The van der Waals surface area contributed by atoms with Gasteiger partial charge in [-0.15, -0.1) is 0 Å². The molecule has 0 aromatic heterocycles. The van der Waals surface area contributed by atoms with Gasteiger partial charge in [0.1, 0.15) is 0 Å². The van der Waals surface area contributed by atoms with E-state index in [1.807, 2.05) is 0 Å². The summed E-state index contributed by atoms with van der Waals surface area (Å²) in [7, 11) is 0. The molecule has 0 saturated heterocycles. The first-order valence-electron chi connectivity index (χ1n) is 5.84. The van der Waals surface area contributed by atoms with Crippen molar-refractivity contribution in [2.45, 2.75) is 44.9 Å². The van der Waals surface area contributed by atoms with Gasteiger partial charge >= 0.3 is 0 Å². The number of hydrogen-bond donors (Lipinski definition) is 3. The van der Waals surface area contributed by atoms with Crippen LogP contribution in [0.4, 0.5) is 0 Å². The largest absolute Gasteiger partial charge is 0.396 e. The molecule has 3 heteroatoms. The summed E-state index contributed by atoms with van der Waals surface area (Å²) in [4.78, 5) is 0.